The SMILES string of the molecule is Cc1ccc(C)c(OCC(=O)Nc2ccc(-n3cnnn3)c(C)c2)c1. The first-order chi connectivity index (χ1) is 12.0. The van der Waals surface area contributed by atoms with Crippen LogP contribution in [-0.2, 0) is 4.79 Å². The van der Waals surface area contributed by atoms with Crippen LogP contribution in [0.5, 0.6) is 5.75 Å². The Bertz CT molecular complexity index is 890. The Morgan fingerprint density at radius 3 is 2.68 bits per heavy atom. The first kappa shape index (κ1) is 16.6. The summed E-state index contributed by atoms with van der Waals surface area (Å²) in [5.74, 6) is 0.510. The number of aromatic nitrogens is 4. The van der Waals surface area contributed by atoms with Crippen molar-refractivity contribution in [3.05, 3.63) is 59.4 Å². The van der Waals surface area contributed by atoms with Gasteiger partial charge in [0.05, 0.1) is 5.69 Å². The Morgan fingerprint density at radius 2 is 1.96 bits per heavy atom. The molecule has 0 spiro atoms. The van der Waals surface area contributed by atoms with Gasteiger partial charge in [0, 0.05) is 5.69 Å². The largest absolute Gasteiger partial charge is 0.483 e. The van der Waals surface area contributed by atoms with E-state index in [-0.39, 0.29) is 12.5 Å². The van der Waals surface area contributed by atoms with Crippen molar-refractivity contribution in [2.45, 2.75) is 20.8 Å². The third-order valence-corrected chi connectivity index (χ3v) is 3.78. The van der Waals surface area contributed by atoms with Gasteiger partial charge in [-0.3, -0.25) is 4.79 Å². The number of carbonyl (C=O) groups excluding carboxylic acids is 1. The van der Waals surface area contributed by atoms with Gasteiger partial charge < -0.3 is 10.1 Å². The zero-order valence-electron chi connectivity index (χ0n) is 14.4. The normalized spacial score (nSPS) is 10.5. The van der Waals surface area contributed by atoms with Crippen LogP contribution in [0, 0.1) is 20.8 Å². The average Bonchev–Trinajstić information content (AvgIpc) is 3.10. The molecule has 0 aliphatic heterocycles. The Balaban J connectivity index is 1.63. The quantitative estimate of drug-likeness (QED) is 0.774. The Kier molecular flexibility index (Phi) is 4.74. The van der Waals surface area contributed by atoms with E-state index in [0.717, 1.165) is 28.1 Å². The molecule has 1 aromatic heterocycles. The molecule has 1 amide bonds. The van der Waals surface area contributed by atoms with Crippen molar-refractivity contribution in [2.24, 2.45) is 0 Å². The van der Waals surface area contributed by atoms with Crippen molar-refractivity contribution < 1.29 is 9.53 Å². The van der Waals surface area contributed by atoms with Gasteiger partial charge in [0.2, 0.25) is 0 Å². The highest BCUT2D eigenvalue weighted by Gasteiger charge is 2.08. The molecule has 2 aromatic carbocycles. The molecule has 3 aromatic rings. The van der Waals surface area contributed by atoms with Crippen molar-refractivity contribution in [3.63, 3.8) is 0 Å². The van der Waals surface area contributed by atoms with Gasteiger partial charge in [0.15, 0.2) is 6.61 Å². The van der Waals surface area contributed by atoms with E-state index in [4.69, 9.17) is 4.74 Å². The third kappa shape index (κ3) is 4.00. The molecule has 0 fully saturated rings. The summed E-state index contributed by atoms with van der Waals surface area (Å²) in [7, 11) is 0. The van der Waals surface area contributed by atoms with Gasteiger partial charge in [-0.15, -0.1) is 5.10 Å². The maximum absolute atomic E-state index is 12.1. The summed E-state index contributed by atoms with van der Waals surface area (Å²) < 4.78 is 7.20. The molecule has 0 saturated carbocycles. The summed E-state index contributed by atoms with van der Waals surface area (Å²) in [5.41, 5.74) is 4.59. The number of tetrazole rings is 1. The second-order valence-electron chi connectivity index (χ2n) is 5.86. The highest BCUT2D eigenvalue weighted by molar-refractivity contribution is 5.92. The molecule has 3 rings (SSSR count). The molecule has 0 atom stereocenters. The monoisotopic (exact) mass is 337 g/mol. The van der Waals surface area contributed by atoms with Gasteiger partial charge >= 0.3 is 0 Å². The first-order valence-electron chi connectivity index (χ1n) is 7.87. The highest BCUT2D eigenvalue weighted by Crippen LogP contribution is 2.20. The summed E-state index contributed by atoms with van der Waals surface area (Å²) in [6.45, 7) is 5.83. The van der Waals surface area contributed by atoms with Gasteiger partial charge in [0.1, 0.15) is 12.1 Å². The predicted octanol–water partition coefficient (Wildman–Crippen LogP) is 2.61. The van der Waals surface area contributed by atoms with Crippen molar-refractivity contribution in [1.29, 1.82) is 0 Å². The van der Waals surface area contributed by atoms with Crippen LogP contribution in [0.2, 0.25) is 0 Å². The number of nitrogens with one attached hydrogen (secondary N) is 1. The fourth-order valence-corrected chi connectivity index (χ4v) is 2.47. The molecular weight excluding hydrogens is 318 g/mol. The minimum atomic E-state index is -0.213. The Morgan fingerprint density at radius 1 is 1.12 bits per heavy atom. The number of carbonyl (C=O) groups is 1. The molecule has 7 nitrogen and oxygen atoms in total. The van der Waals surface area contributed by atoms with E-state index in [1.165, 1.54) is 6.33 Å². The molecule has 7 heteroatoms. The first-order valence-corrected chi connectivity index (χ1v) is 7.87. The van der Waals surface area contributed by atoms with E-state index >= 15 is 0 Å². The number of hydrogen-bond donors (Lipinski definition) is 1. The lowest BCUT2D eigenvalue weighted by molar-refractivity contribution is -0.118. The smallest absolute Gasteiger partial charge is 0.262 e. The summed E-state index contributed by atoms with van der Waals surface area (Å²) >= 11 is 0. The minimum Gasteiger partial charge on any atom is -0.483 e. The van der Waals surface area contributed by atoms with Crippen LogP contribution in [0.1, 0.15) is 16.7 Å². The van der Waals surface area contributed by atoms with Crippen LogP contribution in [0.4, 0.5) is 5.69 Å². The molecule has 25 heavy (non-hydrogen) atoms. The van der Waals surface area contributed by atoms with E-state index in [2.05, 4.69) is 20.8 Å². The third-order valence-electron chi connectivity index (χ3n) is 3.78. The van der Waals surface area contributed by atoms with Crippen LogP contribution in [0.3, 0.4) is 0 Å². The molecule has 0 saturated heterocycles. The van der Waals surface area contributed by atoms with Gasteiger partial charge in [-0.2, -0.15) is 0 Å². The topological polar surface area (TPSA) is 81.9 Å². The molecule has 0 unspecified atom stereocenters. The molecule has 0 aliphatic rings. The Hall–Kier alpha value is -3.22. The number of aryl methyl sites for hydroxylation is 3. The lowest BCUT2D eigenvalue weighted by atomic mass is 10.1. The maximum Gasteiger partial charge on any atom is 0.262 e. The molecular formula is C18H19N5O2. The lowest BCUT2D eigenvalue weighted by Crippen LogP contribution is -2.20. The minimum absolute atomic E-state index is 0.0436. The van der Waals surface area contributed by atoms with Crippen molar-refractivity contribution in [3.8, 4) is 11.4 Å². The highest BCUT2D eigenvalue weighted by atomic mass is 16.5. The van der Waals surface area contributed by atoms with Crippen molar-refractivity contribution >= 4 is 11.6 Å². The fraction of sp³-hybridized carbons (Fsp3) is 0.222. The summed E-state index contributed by atoms with van der Waals surface area (Å²) in [4.78, 5) is 12.1. The molecule has 0 bridgehead atoms. The molecule has 128 valence electrons. The van der Waals surface area contributed by atoms with E-state index in [1.807, 2.05) is 51.1 Å². The summed E-state index contributed by atoms with van der Waals surface area (Å²) in [5, 5.41) is 13.9. The van der Waals surface area contributed by atoms with Gasteiger partial charge in [0.25, 0.3) is 5.91 Å². The van der Waals surface area contributed by atoms with Crippen LogP contribution in [-0.4, -0.2) is 32.7 Å². The summed E-state index contributed by atoms with van der Waals surface area (Å²) in [6, 6.07) is 11.4. The van der Waals surface area contributed by atoms with Gasteiger partial charge in [-0.05, 0) is 72.2 Å². The zero-order chi connectivity index (χ0) is 17.8. The number of anilines is 1. The van der Waals surface area contributed by atoms with E-state index in [9.17, 15) is 4.79 Å². The van der Waals surface area contributed by atoms with Crippen LogP contribution in [0.15, 0.2) is 42.7 Å². The number of hydrogen-bond acceptors (Lipinski definition) is 5. The van der Waals surface area contributed by atoms with Crippen molar-refractivity contribution in [2.75, 3.05) is 11.9 Å². The number of rotatable bonds is 5. The molecule has 1 heterocycles. The van der Waals surface area contributed by atoms with Crippen LogP contribution >= 0.6 is 0 Å². The standard InChI is InChI=1S/C18H19N5O2/c1-12-4-5-13(2)17(8-12)25-10-18(24)20-15-6-7-16(14(3)9-15)23-11-19-21-22-23/h4-9,11H,10H2,1-3H3,(H,20,24). The number of benzene rings is 2. The van der Waals surface area contributed by atoms with Gasteiger partial charge in [-0.25, -0.2) is 4.68 Å². The average molecular weight is 337 g/mol. The summed E-state index contributed by atoms with van der Waals surface area (Å²) in [6.07, 6.45) is 1.53. The number of nitrogens with zero attached hydrogens (tertiary/aromatic N) is 4. The molecule has 1 N–H and O–H groups in total. The lowest BCUT2D eigenvalue weighted by Gasteiger charge is -2.11. The Labute approximate surface area is 145 Å². The van der Waals surface area contributed by atoms with Crippen molar-refractivity contribution in [1.82, 2.24) is 20.2 Å². The number of amides is 1. The number of ether oxygens (including phenoxy) is 1. The zero-order valence-corrected chi connectivity index (χ0v) is 14.4. The van der Waals surface area contributed by atoms with Crippen LogP contribution < -0.4 is 10.1 Å². The van der Waals surface area contributed by atoms with Crippen LogP contribution in [0.25, 0.3) is 5.69 Å². The predicted molar refractivity (Wildman–Crippen MR) is 93.9 cm³/mol. The van der Waals surface area contributed by atoms with E-state index < -0.39 is 0 Å². The van der Waals surface area contributed by atoms with E-state index in [0.29, 0.717) is 5.69 Å². The van der Waals surface area contributed by atoms with Gasteiger partial charge in [-0.1, -0.05) is 12.1 Å². The molecule has 0 radical (unpaired) electrons. The maximum atomic E-state index is 12.1. The van der Waals surface area contributed by atoms with E-state index in [1.54, 1.807) is 10.7 Å². The fourth-order valence-electron chi connectivity index (χ4n) is 2.47. The second-order valence-corrected chi connectivity index (χ2v) is 5.86. The second kappa shape index (κ2) is 7.12. The molecule has 0 aliphatic carbocycles.